The van der Waals surface area contributed by atoms with Gasteiger partial charge in [-0.05, 0) is 12.8 Å². The van der Waals surface area contributed by atoms with Gasteiger partial charge in [0.2, 0.25) is 0 Å². The smallest absolute Gasteiger partial charge is 0.462 e. The van der Waals surface area contributed by atoms with Gasteiger partial charge in [0.15, 0.2) is 6.10 Å². The average Bonchev–Trinajstić information content (AvgIpc) is 3.21. The molecule has 0 spiro atoms. The number of carbonyl (C=O) groups excluding carboxylic acids is 2. The van der Waals surface area contributed by atoms with Crippen LogP contribution in [-0.4, -0.2) is 98.3 Å². The normalized spacial score (nSPS) is 22.2. The summed E-state index contributed by atoms with van der Waals surface area (Å²) in [6, 6.07) is 0. The summed E-state index contributed by atoms with van der Waals surface area (Å²) in [6.07, 6.45) is 23.0. The molecule has 0 bridgehead atoms. The minimum absolute atomic E-state index is 0.104. The molecule has 0 saturated heterocycles. The molecule has 1 aliphatic carbocycles. The molecule has 0 aromatic rings. The molecule has 1 saturated carbocycles. The molecule has 1 rings (SSSR count). The maximum absolute atomic E-state index is 12.8. The molecule has 0 heterocycles. The number of aliphatic hydroxyl groups excluding tert-OH is 5. The number of aliphatic hydroxyl groups is 5. The van der Waals surface area contributed by atoms with Gasteiger partial charge >= 0.3 is 19.8 Å². The number of hydrogen-bond donors (Lipinski definition) is 6. The fourth-order valence-corrected chi connectivity index (χ4v) is 8.56. The van der Waals surface area contributed by atoms with Crippen molar-refractivity contribution in [2.75, 3.05) is 13.2 Å². The van der Waals surface area contributed by atoms with Crippen molar-refractivity contribution in [1.82, 2.24) is 0 Å². The number of rotatable bonds is 40. The molecule has 1 aliphatic rings. The van der Waals surface area contributed by atoms with Crippen molar-refractivity contribution < 1.29 is 63.1 Å². The highest BCUT2D eigenvalue weighted by Crippen LogP contribution is 2.47. The summed E-state index contributed by atoms with van der Waals surface area (Å²) in [4.78, 5) is 35.7. The van der Waals surface area contributed by atoms with E-state index >= 15 is 0 Å². The highest BCUT2D eigenvalue weighted by Gasteiger charge is 2.51. The van der Waals surface area contributed by atoms with Gasteiger partial charge in [-0.3, -0.25) is 18.6 Å². The standard InChI is InChI=1S/C45H87O13P/c1-3-5-7-9-11-13-15-17-18-19-20-21-22-24-25-27-29-31-33-38(46)55-35-37(57-39(47)34-32-30-28-26-23-16-14-12-10-8-6-4-2)36-56-59(53,54)58-45-43(51)41(49)40(48)42(50)44(45)52/h37,40-45,48-52H,3-36H2,1-2H3,(H,53,54)/t37-,40?,41-,42?,43?,44?,45?/m1/s1. The Morgan fingerprint density at radius 2 is 0.763 bits per heavy atom. The van der Waals surface area contributed by atoms with Crippen LogP contribution in [0.15, 0.2) is 0 Å². The Balaban J connectivity index is 2.40. The van der Waals surface area contributed by atoms with Crippen molar-refractivity contribution in [3.63, 3.8) is 0 Å². The Hall–Kier alpha value is -1.15. The maximum atomic E-state index is 12.8. The maximum Gasteiger partial charge on any atom is 0.472 e. The second kappa shape index (κ2) is 36.3. The first-order valence-electron chi connectivity index (χ1n) is 23.8. The van der Waals surface area contributed by atoms with E-state index in [4.69, 9.17) is 18.5 Å². The molecule has 350 valence electrons. The van der Waals surface area contributed by atoms with Crippen LogP contribution in [0, 0.1) is 0 Å². The minimum Gasteiger partial charge on any atom is -0.462 e. The van der Waals surface area contributed by atoms with Crippen molar-refractivity contribution >= 4 is 19.8 Å². The molecule has 6 N–H and O–H groups in total. The van der Waals surface area contributed by atoms with Crippen molar-refractivity contribution in [3.8, 4) is 0 Å². The van der Waals surface area contributed by atoms with E-state index in [0.717, 1.165) is 38.5 Å². The SMILES string of the molecule is CCCCCCCCCCCCCCCCCCCCC(=O)OC[C@H](COP(=O)(O)OC1C(O)C(O)C(O)[C@@H](O)C1O)OC(=O)CCCCCCCCCCCCCC. The molecule has 8 atom stereocenters. The minimum atomic E-state index is -5.11. The Morgan fingerprint density at radius 1 is 0.458 bits per heavy atom. The molecular formula is C45H87O13P. The molecular weight excluding hydrogens is 779 g/mol. The molecule has 13 nitrogen and oxygen atoms in total. The Morgan fingerprint density at radius 3 is 1.12 bits per heavy atom. The monoisotopic (exact) mass is 867 g/mol. The van der Waals surface area contributed by atoms with E-state index in [2.05, 4.69) is 13.8 Å². The molecule has 6 unspecified atom stereocenters. The van der Waals surface area contributed by atoms with Crippen LogP contribution in [0.1, 0.15) is 219 Å². The second-order valence-corrected chi connectivity index (χ2v) is 18.4. The Labute approximate surface area is 357 Å². The number of hydrogen-bond acceptors (Lipinski definition) is 12. The van der Waals surface area contributed by atoms with Gasteiger partial charge in [-0.2, -0.15) is 0 Å². The molecule has 14 heteroatoms. The number of phosphoric acid groups is 1. The van der Waals surface area contributed by atoms with Gasteiger partial charge in [0.1, 0.15) is 43.2 Å². The van der Waals surface area contributed by atoms with E-state index in [1.54, 1.807) is 0 Å². The summed E-state index contributed by atoms with van der Waals surface area (Å²) in [7, 11) is -5.11. The fourth-order valence-electron chi connectivity index (χ4n) is 7.58. The zero-order valence-corrected chi connectivity index (χ0v) is 38.0. The summed E-state index contributed by atoms with van der Waals surface area (Å²) in [5.74, 6) is -1.08. The summed E-state index contributed by atoms with van der Waals surface area (Å²) in [6.45, 7) is 3.32. The van der Waals surface area contributed by atoms with Crippen LogP contribution in [0.2, 0.25) is 0 Å². The fraction of sp³-hybridized carbons (Fsp3) is 0.956. The van der Waals surface area contributed by atoms with Crippen LogP contribution in [0.25, 0.3) is 0 Å². The predicted molar refractivity (Wildman–Crippen MR) is 231 cm³/mol. The lowest BCUT2D eigenvalue weighted by molar-refractivity contribution is -0.220. The summed E-state index contributed by atoms with van der Waals surface area (Å²) >= 11 is 0. The van der Waals surface area contributed by atoms with Gasteiger partial charge in [-0.1, -0.05) is 194 Å². The molecule has 0 aromatic heterocycles. The number of carbonyl (C=O) groups is 2. The first-order chi connectivity index (χ1) is 28.4. The average molecular weight is 867 g/mol. The van der Waals surface area contributed by atoms with Gasteiger partial charge in [0.05, 0.1) is 6.61 Å². The lowest BCUT2D eigenvalue weighted by Crippen LogP contribution is -2.64. The highest BCUT2D eigenvalue weighted by atomic mass is 31.2. The van der Waals surface area contributed by atoms with Gasteiger partial charge in [-0.25, -0.2) is 4.57 Å². The molecule has 0 aromatic carbocycles. The van der Waals surface area contributed by atoms with Crippen LogP contribution < -0.4 is 0 Å². The lowest BCUT2D eigenvalue weighted by Gasteiger charge is -2.41. The van der Waals surface area contributed by atoms with Crippen LogP contribution >= 0.6 is 7.82 Å². The number of phosphoric ester groups is 1. The van der Waals surface area contributed by atoms with Crippen LogP contribution in [0.3, 0.4) is 0 Å². The van der Waals surface area contributed by atoms with E-state index in [0.29, 0.717) is 12.8 Å². The Bertz CT molecular complexity index is 1050. The summed E-state index contributed by atoms with van der Waals surface area (Å²) in [5, 5.41) is 50.1. The number of unbranched alkanes of at least 4 members (excludes halogenated alkanes) is 28. The first kappa shape index (κ1) is 55.9. The van der Waals surface area contributed by atoms with E-state index < -0.39 is 75.7 Å². The predicted octanol–water partition coefficient (Wildman–Crippen LogP) is 9.28. The van der Waals surface area contributed by atoms with Crippen molar-refractivity contribution in [1.29, 1.82) is 0 Å². The van der Waals surface area contributed by atoms with Gasteiger partial charge in [-0.15, -0.1) is 0 Å². The molecule has 0 amide bonds. The topological polar surface area (TPSA) is 210 Å². The molecule has 0 radical (unpaired) electrons. The molecule has 0 aliphatic heterocycles. The van der Waals surface area contributed by atoms with Crippen molar-refractivity contribution in [3.05, 3.63) is 0 Å². The first-order valence-corrected chi connectivity index (χ1v) is 25.3. The summed E-state index contributed by atoms with van der Waals surface area (Å²) < 4.78 is 33.5. The van der Waals surface area contributed by atoms with Crippen LogP contribution in [-0.2, 0) is 32.7 Å². The quantitative estimate of drug-likeness (QED) is 0.0193. The van der Waals surface area contributed by atoms with E-state index in [1.807, 2.05) is 0 Å². The van der Waals surface area contributed by atoms with Gasteiger partial charge < -0.3 is 39.9 Å². The third kappa shape index (κ3) is 29.0. The van der Waals surface area contributed by atoms with Crippen molar-refractivity contribution in [2.45, 2.75) is 262 Å². The van der Waals surface area contributed by atoms with E-state index in [-0.39, 0.29) is 12.8 Å². The molecule has 59 heavy (non-hydrogen) atoms. The Kier molecular flexibility index (Phi) is 34.4. The van der Waals surface area contributed by atoms with E-state index in [1.165, 1.54) is 141 Å². The summed E-state index contributed by atoms with van der Waals surface area (Å²) in [5.41, 5.74) is 0. The van der Waals surface area contributed by atoms with Crippen molar-refractivity contribution in [2.24, 2.45) is 0 Å². The number of ether oxygens (including phenoxy) is 2. The van der Waals surface area contributed by atoms with Gasteiger partial charge in [0.25, 0.3) is 0 Å². The number of esters is 2. The lowest BCUT2D eigenvalue weighted by atomic mass is 9.85. The van der Waals surface area contributed by atoms with Gasteiger partial charge in [0, 0.05) is 12.8 Å². The van der Waals surface area contributed by atoms with Crippen LogP contribution in [0.4, 0.5) is 0 Å². The third-order valence-corrected chi connectivity index (χ3v) is 12.4. The van der Waals surface area contributed by atoms with E-state index in [9.17, 15) is 44.6 Å². The molecule has 1 fully saturated rings. The third-order valence-electron chi connectivity index (χ3n) is 11.4. The highest BCUT2D eigenvalue weighted by molar-refractivity contribution is 7.47. The zero-order chi connectivity index (χ0) is 43.6. The largest absolute Gasteiger partial charge is 0.472 e. The van der Waals surface area contributed by atoms with Crippen LogP contribution in [0.5, 0.6) is 0 Å². The zero-order valence-electron chi connectivity index (χ0n) is 37.1. The second-order valence-electron chi connectivity index (χ2n) is 17.0.